The second kappa shape index (κ2) is 8.71. The number of hydrogen-bond acceptors (Lipinski definition) is 5. The van der Waals surface area contributed by atoms with E-state index >= 15 is 0 Å². The first-order valence-corrected chi connectivity index (χ1v) is 11.9. The topological polar surface area (TPSA) is 67.2 Å². The molecule has 1 aromatic carbocycles. The van der Waals surface area contributed by atoms with Crippen molar-refractivity contribution in [2.45, 2.75) is 65.6 Å². The fourth-order valence-corrected chi connectivity index (χ4v) is 5.12. The summed E-state index contributed by atoms with van der Waals surface area (Å²) in [5.41, 5.74) is 6.76. The van der Waals surface area contributed by atoms with E-state index in [2.05, 4.69) is 61.2 Å². The van der Waals surface area contributed by atoms with E-state index in [1.165, 1.54) is 11.1 Å². The van der Waals surface area contributed by atoms with Crippen LogP contribution in [0.1, 0.15) is 64.8 Å². The molecule has 0 aliphatic carbocycles. The Kier molecular flexibility index (Phi) is 5.74. The van der Waals surface area contributed by atoms with Crippen molar-refractivity contribution in [2.75, 3.05) is 11.4 Å². The molecule has 7 heteroatoms. The molecule has 4 heterocycles. The van der Waals surface area contributed by atoms with Crippen molar-refractivity contribution in [1.29, 1.82) is 0 Å². The van der Waals surface area contributed by atoms with E-state index in [1.54, 1.807) is 0 Å². The predicted octanol–water partition coefficient (Wildman–Crippen LogP) is 3.95. The Labute approximate surface area is 195 Å². The molecule has 3 aromatic rings. The van der Waals surface area contributed by atoms with E-state index in [9.17, 15) is 4.79 Å². The Bertz CT molecular complexity index is 1180. The summed E-state index contributed by atoms with van der Waals surface area (Å²) in [6.45, 7) is 8.61. The van der Waals surface area contributed by atoms with E-state index in [-0.39, 0.29) is 11.9 Å². The van der Waals surface area contributed by atoms with Crippen molar-refractivity contribution in [3.8, 4) is 0 Å². The molecular formula is C26H32N6O. The molecule has 2 aliphatic heterocycles. The zero-order valence-corrected chi connectivity index (χ0v) is 20.0. The molecule has 2 aliphatic rings. The molecule has 0 radical (unpaired) electrons. The number of carbonyl (C=O) groups is 1. The van der Waals surface area contributed by atoms with Crippen molar-refractivity contribution in [3.63, 3.8) is 0 Å². The first-order chi connectivity index (χ1) is 15.9. The lowest BCUT2D eigenvalue weighted by atomic mass is 10.0. The van der Waals surface area contributed by atoms with E-state index in [0.717, 1.165) is 60.1 Å². The molecule has 1 atom stereocenters. The molecule has 0 spiro atoms. The van der Waals surface area contributed by atoms with Gasteiger partial charge in [0.05, 0.1) is 18.3 Å². The van der Waals surface area contributed by atoms with Crippen molar-refractivity contribution < 1.29 is 4.79 Å². The fourth-order valence-electron chi connectivity index (χ4n) is 5.12. The number of amides is 1. The maximum Gasteiger partial charge on any atom is 0.228 e. The molecule has 172 valence electrons. The summed E-state index contributed by atoms with van der Waals surface area (Å²) in [6.07, 6.45) is 5.48. The van der Waals surface area contributed by atoms with E-state index in [4.69, 9.17) is 9.97 Å². The highest BCUT2D eigenvalue weighted by Crippen LogP contribution is 2.36. The van der Waals surface area contributed by atoms with Gasteiger partial charge in [0.25, 0.3) is 0 Å². The Morgan fingerprint density at radius 3 is 2.52 bits per heavy atom. The number of aromatic nitrogens is 4. The van der Waals surface area contributed by atoms with Crippen molar-refractivity contribution in [2.24, 2.45) is 7.05 Å². The summed E-state index contributed by atoms with van der Waals surface area (Å²) in [5, 5.41) is 4.50. The maximum absolute atomic E-state index is 13.0. The summed E-state index contributed by atoms with van der Waals surface area (Å²) >= 11 is 0. The normalized spacial score (nSPS) is 18.7. The highest BCUT2D eigenvalue weighted by Gasteiger charge is 2.33. The van der Waals surface area contributed by atoms with Crippen LogP contribution in [0, 0.1) is 20.8 Å². The molecule has 1 saturated heterocycles. The zero-order chi connectivity index (χ0) is 23.1. The van der Waals surface area contributed by atoms with E-state index in [1.807, 2.05) is 16.6 Å². The molecule has 7 nitrogen and oxygen atoms in total. The van der Waals surface area contributed by atoms with Gasteiger partial charge in [0.1, 0.15) is 11.6 Å². The summed E-state index contributed by atoms with van der Waals surface area (Å²) in [7, 11) is 1.97. The van der Waals surface area contributed by atoms with Crippen LogP contribution in [0.4, 0.5) is 5.82 Å². The molecular weight excluding hydrogens is 412 g/mol. The quantitative estimate of drug-likeness (QED) is 0.596. The van der Waals surface area contributed by atoms with Crippen LogP contribution in [-0.2, 0) is 31.4 Å². The molecule has 33 heavy (non-hydrogen) atoms. The SMILES string of the molecule is Cc1ccc(CN2C(=O)CCc3c(C)nc(C4CCCN4Cc4cn(C)nc4C)nc32)cc1. The molecule has 0 saturated carbocycles. The highest BCUT2D eigenvalue weighted by molar-refractivity contribution is 5.95. The number of hydrogen-bond donors (Lipinski definition) is 0. The summed E-state index contributed by atoms with van der Waals surface area (Å²) in [5.74, 6) is 1.79. The number of fused-ring (bicyclic) bond motifs is 1. The van der Waals surface area contributed by atoms with Crippen LogP contribution in [0.15, 0.2) is 30.5 Å². The predicted molar refractivity (Wildman–Crippen MR) is 128 cm³/mol. The van der Waals surface area contributed by atoms with Gasteiger partial charge >= 0.3 is 0 Å². The second-order valence-electron chi connectivity index (χ2n) is 9.48. The standard InChI is InChI=1S/C26H32N6O/c1-17-7-9-20(10-8-17)14-32-24(33)12-11-22-19(3)27-25(28-26(22)32)23-6-5-13-31(23)16-21-15-30(4)29-18(21)2/h7-10,15,23H,5-6,11-14,16H2,1-4H3. The van der Waals surface area contributed by atoms with Gasteiger partial charge in [0.15, 0.2) is 0 Å². The van der Waals surface area contributed by atoms with Gasteiger partial charge in [-0.1, -0.05) is 29.8 Å². The van der Waals surface area contributed by atoms with Gasteiger partial charge in [-0.05, 0) is 52.1 Å². The zero-order valence-electron chi connectivity index (χ0n) is 20.0. The van der Waals surface area contributed by atoms with Crippen molar-refractivity contribution in [3.05, 3.63) is 69.9 Å². The monoisotopic (exact) mass is 444 g/mol. The lowest BCUT2D eigenvalue weighted by Crippen LogP contribution is -2.37. The molecule has 1 unspecified atom stereocenters. The third kappa shape index (κ3) is 4.29. The minimum atomic E-state index is 0.140. The van der Waals surface area contributed by atoms with Crippen molar-refractivity contribution >= 4 is 11.7 Å². The number of anilines is 1. The summed E-state index contributed by atoms with van der Waals surface area (Å²) < 4.78 is 1.88. The van der Waals surface area contributed by atoms with E-state index < -0.39 is 0 Å². The average molecular weight is 445 g/mol. The largest absolute Gasteiger partial charge is 0.292 e. The molecule has 1 fully saturated rings. The molecule has 1 amide bonds. The molecule has 2 aromatic heterocycles. The Hall–Kier alpha value is -3.06. The van der Waals surface area contributed by atoms with Crippen LogP contribution >= 0.6 is 0 Å². The lowest BCUT2D eigenvalue weighted by Gasteiger charge is -2.31. The first kappa shape index (κ1) is 21.8. The van der Waals surface area contributed by atoms with E-state index in [0.29, 0.717) is 19.4 Å². The Balaban J connectivity index is 1.46. The number of rotatable bonds is 5. The molecule has 0 bridgehead atoms. The van der Waals surface area contributed by atoms with Crippen LogP contribution in [-0.4, -0.2) is 37.1 Å². The maximum atomic E-state index is 13.0. The van der Waals surface area contributed by atoms with Gasteiger partial charge in [0, 0.05) is 43.0 Å². The second-order valence-corrected chi connectivity index (χ2v) is 9.48. The number of aryl methyl sites for hydroxylation is 4. The Morgan fingerprint density at radius 2 is 1.79 bits per heavy atom. The highest BCUT2D eigenvalue weighted by atomic mass is 16.2. The Morgan fingerprint density at radius 1 is 1.00 bits per heavy atom. The van der Waals surface area contributed by atoms with Crippen LogP contribution in [0.5, 0.6) is 0 Å². The molecule has 0 N–H and O–H groups in total. The number of benzene rings is 1. The van der Waals surface area contributed by atoms with Gasteiger partial charge < -0.3 is 0 Å². The van der Waals surface area contributed by atoms with Crippen LogP contribution in [0.3, 0.4) is 0 Å². The van der Waals surface area contributed by atoms with Gasteiger partial charge in [0.2, 0.25) is 5.91 Å². The fraction of sp³-hybridized carbons (Fsp3) is 0.462. The van der Waals surface area contributed by atoms with Gasteiger partial charge in [-0.25, -0.2) is 9.97 Å². The van der Waals surface area contributed by atoms with Gasteiger partial charge in [-0.3, -0.25) is 19.3 Å². The minimum Gasteiger partial charge on any atom is -0.292 e. The number of nitrogens with zero attached hydrogens (tertiary/aromatic N) is 6. The summed E-state index contributed by atoms with van der Waals surface area (Å²) in [6, 6.07) is 8.55. The van der Waals surface area contributed by atoms with Gasteiger partial charge in [-0.15, -0.1) is 0 Å². The third-order valence-electron chi connectivity index (χ3n) is 6.97. The van der Waals surface area contributed by atoms with Crippen LogP contribution < -0.4 is 4.90 Å². The van der Waals surface area contributed by atoms with Crippen LogP contribution in [0.2, 0.25) is 0 Å². The molecule has 5 rings (SSSR count). The smallest absolute Gasteiger partial charge is 0.228 e. The third-order valence-corrected chi connectivity index (χ3v) is 6.97. The minimum absolute atomic E-state index is 0.140. The number of carbonyl (C=O) groups excluding carboxylic acids is 1. The van der Waals surface area contributed by atoms with Crippen LogP contribution in [0.25, 0.3) is 0 Å². The summed E-state index contributed by atoms with van der Waals surface area (Å²) in [4.78, 5) is 27.3. The van der Waals surface area contributed by atoms with Gasteiger partial charge in [-0.2, -0.15) is 5.10 Å². The average Bonchev–Trinajstić information content (AvgIpc) is 3.37. The first-order valence-electron chi connectivity index (χ1n) is 11.9. The number of likely N-dealkylation sites (tertiary alicyclic amines) is 1. The lowest BCUT2D eigenvalue weighted by molar-refractivity contribution is -0.119. The van der Waals surface area contributed by atoms with Crippen molar-refractivity contribution in [1.82, 2.24) is 24.6 Å².